The van der Waals surface area contributed by atoms with Crippen molar-refractivity contribution < 1.29 is 9.59 Å². The molecule has 0 spiro atoms. The molecule has 0 aromatic carbocycles. The van der Waals surface area contributed by atoms with E-state index in [1.54, 1.807) is 11.7 Å². The van der Waals surface area contributed by atoms with Crippen molar-refractivity contribution in [3.8, 4) is 0 Å². The second-order valence-electron chi connectivity index (χ2n) is 4.00. The Hall–Kier alpha value is -1.56. The molecule has 1 aliphatic rings. The number of aromatic nitrogens is 2. The molecular formula is C10H13ClN4O2. The predicted molar refractivity (Wildman–Crippen MR) is 61.4 cm³/mol. The first-order chi connectivity index (χ1) is 7.99. The molecule has 0 aliphatic carbocycles. The summed E-state index contributed by atoms with van der Waals surface area (Å²) in [7, 11) is 1.74. The summed E-state index contributed by atoms with van der Waals surface area (Å²) in [5, 5.41) is 7.17. The second-order valence-corrected chi connectivity index (χ2v) is 4.36. The lowest BCUT2D eigenvalue weighted by Gasteiger charge is -2.26. The first kappa shape index (κ1) is 11.9. The molecule has 0 saturated carbocycles. The number of halogens is 1. The lowest BCUT2D eigenvalue weighted by Crippen LogP contribution is -2.51. The molecule has 1 aliphatic heterocycles. The molecule has 2 rings (SSSR count). The van der Waals surface area contributed by atoms with E-state index < -0.39 is 0 Å². The minimum absolute atomic E-state index is 0.0514. The van der Waals surface area contributed by atoms with Crippen LogP contribution >= 0.6 is 11.6 Å². The monoisotopic (exact) mass is 256 g/mol. The van der Waals surface area contributed by atoms with Crippen molar-refractivity contribution in [3.05, 3.63) is 16.4 Å². The molecule has 0 atom stereocenters. The number of hydrogen-bond donors (Lipinski definition) is 1. The smallest absolute Gasteiger partial charge is 0.242 e. The maximum atomic E-state index is 11.6. The molecule has 2 heterocycles. The topological polar surface area (TPSA) is 67.2 Å². The van der Waals surface area contributed by atoms with E-state index in [4.69, 9.17) is 11.6 Å². The lowest BCUT2D eigenvalue weighted by molar-refractivity contribution is -0.141. The van der Waals surface area contributed by atoms with E-state index in [1.165, 1.54) is 4.90 Å². The van der Waals surface area contributed by atoms with Crippen LogP contribution in [0.4, 0.5) is 0 Å². The summed E-state index contributed by atoms with van der Waals surface area (Å²) in [4.78, 5) is 24.3. The van der Waals surface area contributed by atoms with Gasteiger partial charge in [-0.15, -0.1) is 0 Å². The second kappa shape index (κ2) is 4.37. The number of aryl methyl sites for hydroxylation is 2. The van der Waals surface area contributed by atoms with Crippen LogP contribution in [0.25, 0.3) is 0 Å². The Balaban J connectivity index is 2.19. The van der Waals surface area contributed by atoms with Gasteiger partial charge in [0.2, 0.25) is 11.8 Å². The minimum atomic E-state index is -0.151. The highest BCUT2D eigenvalue weighted by molar-refractivity contribution is 6.30. The lowest BCUT2D eigenvalue weighted by atomic mass is 10.2. The maximum Gasteiger partial charge on any atom is 0.242 e. The maximum absolute atomic E-state index is 11.6. The molecule has 7 heteroatoms. The van der Waals surface area contributed by atoms with E-state index in [1.807, 2.05) is 6.92 Å². The van der Waals surface area contributed by atoms with Gasteiger partial charge in [-0.25, -0.2) is 0 Å². The highest BCUT2D eigenvalue weighted by Gasteiger charge is 2.25. The van der Waals surface area contributed by atoms with Crippen LogP contribution in [0.1, 0.15) is 11.3 Å². The van der Waals surface area contributed by atoms with Gasteiger partial charge in [0, 0.05) is 12.6 Å². The van der Waals surface area contributed by atoms with Crippen LogP contribution < -0.4 is 5.32 Å². The number of carbonyl (C=O) groups excluding carboxylic acids is 2. The van der Waals surface area contributed by atoms with E-state index >= 15 is 0 Å². The van der Waals surface area contributed by atoms with Crippen molar-refractivity contribution in [2.75, 3.05) is 13.1 Å². The van der Waals surface area contributed by atoms with Crippen LogP contribution in [0.5, 0.6) is 0 Å². The van der Waals surface area contributed by atoms with Crippen molar-refractivity contribution >= 4 is 23.4 Å². The van der Waals surface area contributed by atoms with Crippen molar-refractivity contribution in [1.82, 2.24) is 20.0 Å². The highest BCUT2D eigenvalue weighted by Crippen LogP contribution is 2.20. The third-order valence-electron chi connectivity index (χ3n) is 2.74. The summed E-state index contributed by atoms with van der Waals surface area (Å²) in [5.41, 5.74) is 1.56. The van der Waals surface area contributed by atoms with Gasteiger partial charge in [0.1, 0.15) is 5.15 Å². The molecule has 1 saturated heterocycles. The molecule has 1 N–H and O–H groups in total. The Morgan fingerprint density at radius 1 is 1.47 bits per heavy atom. The van der Waals surface area contributed by atoms with Gasteiger partial charge in [0.25, 0.3) is 0 Å². The van der Waals surface area contributed by atoms with Crippen LogP contribution in [-0.2, 0) is 23.2 Å². The molecule has 92 valence electrons. The number of piperazine rings is 1. The van der Waals surface area contributed by atoms with Gasteiger partial charge >= 0.3 is 0 Å². The molecule has 17 heavy (non-hydrogen) atoms. The van der Waals surface area contributed by atoms with Gasteiger partial charge in [-0.05, 0) is 6.92 Å². The first-order valence-corrected chi connectivity index (χ1v) is 5.59. The summed E-state index contributed by atoms with van der Waals surface area (Å²) in [6.45, 7) is 2.28. The average molecular weight is 257 g/mol. The molecule has 0 unspecified atom stereocenters. The van der Waals surface area contributed by atoms with Crippen LogP contribution in [-0.4, -0.2) is 39.6 Å². The molecule has 1 fully saturated rings. The van der Waals surface area contributed by atoms with Crippen molar-refractivity contribution in [1.29, 1.82) is 0 Å². The van der Waals surface area contributed by atoms with Crippen LogP contribution in [0.15, 0.2) is 0 Å². The standard InChI is InChI=1S/C10H13ClN4O2/c1-6-7(10(11)14(2)13-6)4-15-5-8(16)12-3-9(15)17/h3-5H2,1-2H3,(H,12,16). The van der Waals surface area contributed by atoms with Gasteiger partial charge in [-0.1, -0.05) is 11.6 Å². The fourth-order valence-corrected chi connectivity index (χ4v) is 2.03. The Labute approximate surface area is 104 Å². The van der Waals surface area contributed by atoms with Crippen LogP contribution in [0, 0.1) is 6.92 Å². The Morgan fingerprint density at radius 2 is 2.18 bits per heavy atom. The average Bonchev–Trinajstić information content (AvgIpc) is 2.50. The first-order valence-electron chi connectivity index (χ1n) is 5.21. The SMILES string of the molecule is Cc1nn(C)c(Cl)c1CN1CC(=O)NCC1=O. The Kier molecular flexibility index (Phi) is 3.06. The summed E-state index contributed by atoms with van der Waals surface area (Å²) in [6, 6.07) is 0. The quantitative estimate of drug-likeness (QED) is 0.800. The summed E-state index contributed by atoms with van der Waals surface area (Å²) in [5.74, 6) is -0.258. The van der Waals surface area contributed by atoms with E-state index in [9.17, 15) is 9.59 Å². The largest absolute Gasteiger partial charge is 0.345 e. The minimum Gasteiger partial charge on any atom is -0.345 e. The normalized spacial score (nSPS) is 16.3. The number of hydrogen-bond acceptors (Lipinski definition) is 3. The Morgan fingerprint density at radius 3 is 2.76 bits per heavy atom. The van der Waals surface area contributed by atoms with Crippen molar-refractivity contribution in [2.24, 2.45) is 7.05 Å². The Bertz CT molecular complexity index is 483. The van der Waals surface area contributed by atoms with Gasteiger partial charge < -0.3 is 10.2 Å². The van der Waals surface area contributed by atoms with Crippen molar-refractivity contribution in [3.63, 3.8) is 0 Å². The molecule has 2 amide bonds. The van der Waals surface area contributed by atoms with Crippen LogP contribution in [0.3, 0.4) is 0 Å². The number of nitrogens with zero attached hydrogens (tertiary/aromatic N) is 3. The third kappa shape index (κ3) is 2.26. The van der Waals surface area contributed by atoms with Crippen molar-refractivity contribution in [2.45, 2.75) is 13.5 Å². The molecule has 0 bridgehead atoms. The molecule has 1 aromatic heterocycles. The van der Waals surface area contributed by atoms with E-state index in [-0.39, 0.29) is 24.9 Å². The van der Waals surface area contributed by atoms with Gasteiger partial charge in [-0.3, -0.25) is 14.3 Å². The van der Waals surface area contributed by atoms with Gasteiger partial charge in [-0.2, -0.15) is 5.10 Å². The summed E-state index contributed by atoms with van der Waals surface area (Å²) >= 11 is 6.08. The zero-order valence-corrected chi connectivity index (χ0v) is 10.4. The molecule has 0 radical (unpaired) electrons. The molecular weight excluding hydrogens is 244 g/mol. The van der Waals surface area contributed by atoms with Crippen LogP contribution in [0.2, 0.25) is 5.15 Å². The third-order valence-corrected chi connectivity index (χ3v) is 3.22. The zero-order valence-electron chi connectivity index (χ0n) is 9.66. The number of nitrogens with one attached hydrogen (secondary N) is 1. The van der Waals surface area contributed by atoms with E-state index in [0.29, 0.717) is 11.7 Å². The summed E-state index contributed by atoms with van der Waals surface area (Å²) in [6.07, 6.45) is 0. The van der Waals surface area contributed by atoms with Gasteiger partial charge in [0.05, 0.1) is 25.3 Å². The predicted octanol–water partition coefficient (Wildman–Crippen LogP) is -0.160. The highest BCUT2D eigenvalue weighted by atomic mass is 35.5. The fourth-order valence-electron chi connectivity index (χ4n) is 1.79. The zero-order chi connectivity index (χ0) is 12.6. The number of amides is 2. The number of carbonyl (C=O) groups is 2. The fraction of sp³-hybridized carbons (Fsp3) is 0.500. The molecule has 1 aromatic rings. The number of rotatable bonds is 2. The van der Waals surface area contributed by atoms with Gasteiger partial charge in [0.15, 0.2) is 0 Å². The molecule has 6 nitrogen and oxygen atoms in total. The van der Waals surface area contributed by atoms with E-state index in [0.717, 1.165) is 11.3 Å². The summed E-state index contributed by atoms with van der Waals surface area (Å²) < 4.78 is 1.56. The van der Waals surface area contributed by atoms with E-state index in [2.05, 4.69) is 10.4 Å².